The third kappa shape index (κ3) is 13.4. The van der Waals surface area contributed by atoms with Gasteiger partial charge < -0.3 is 9.84 Å². The van der Waals surface area contributed by atoms with E-state index in [0.29, 0.717) is 6.61 Å². The van der Waals surface area contributed by atoms with Gasteiger partial charge in [0.1, 0.15) is 0 Å². The van der Waals surface area contributed by atoms with Crippen molar-refractivity contribution in [2.45, 2.75) is 32.1 Å². The molecular weight excluding hydrogens is 212 g/mol. The Morgan fingerprint density at radius 3 is 2.60 bits per heavy atom. The zero-order valence-corrected chi connectivity index (χ0v) is 9.93. The van der Waals surface area contributed by atoms with E-state index in [2.05, 4.69) is 11.3 Å². The van der Waals surface area contributed by atoms with Gasteiger partial charge in [-0.15, -0.1) is 6.58 Å². The van der Waals surface area contributed by atoms with Gasteiger partial charge in [-0.25, -0.2) is 4.79 Å². The average molecular weight is 232 g/mol. The van der Waals surface area contributed by atoms with Crippen LogP contribution in [0.1, 0.15) is 32.1 Å². The lowest BCUT2D eigenvalue weighted by Gasteiger charge is -2.01. The molecule has 0 aliphatic rings. The molecular formula is C11H20O3S. The average Bonchev–Trinajstić information content (AvgIpc) is 2.20. The smallest absolute Gasteiger partial charge is 0.450 e. The Kier molecular flexibility index (Phi) is 10.9. The van der Waals surface area contributed by atoms with Crippen molar-refractivity contribution in [1.82, 2.24) is 0 Å². The van der Waals surface area contributed by atoms with Crippen LogP contribution in [0.15, 0.2) is 12.7 Å². The van der Waals surface area contributed by atoms with Crippen molar-refractivity contribution in [3.63, 3.8) is 0 Å². The van der Waals surface area contributed by atoms with E-state index in [1.54, 1.807) is 0 Å². The summed E-state index contributed by atoms with van der Waals surface area (Å²) >= 11 is 1.90. The molecule has 0 saturated heterocycles. The topological polar surface area (TPSA) is 46.5 Å². The van der Waals surface area contributed by atoms with Gasteiger partial charge in [0.15, 0.2) is 0 Å². The number of unbranched alkanes of at least 4 members (excludes halogenated alkanes) is 4. The maximum atomic E-state index is 10.0. The molecule has 0 aromatic carbocycles. The molecule has 0 bridgehead atoms. The molecule has 0 atom stereocenters. The zero-order valence-electron chi connectivity index (χ0n) is 9.11. The van der Waals surface area contributed by atoms with Crippen molar-refractivity contribution in [1.29, 1.82) is 0 Å². The molecule has 3 nitrogen and oxygen atoms in total. The van der Waals surface area contributed by atoms with Gasteiger partial charge in [-0.05, 0) is 18.6 Å². The summed E-state index contributed by atoms with van der Waals surface area (Å²) in [4.78, 5) is 10.0. The van der Waals surface area contributed by atoms with Crippen LogP contribution in [0.2, 0.25) is 0 Å². The number of thioether (sulfide) groups is 1. The van der Waals surface area contributed by atoms with Crippen LogP contribution < -0.4 is 0 Å². The molecule has 88 valence electrons. The first-order chi connectivity index (χ1) is 7.27. The number of carbonyl (C=O) groups is 1. The van der Waals surface area contributed by atoms with Crippen LogP contribution in [0.25, 0.3) is 0 Å². The molecule has 0 aromatic rings. The van der Waals surface area contributed by atoms with Crippen molar-refractivity contribution in [3.05, 3.63) is 12.7 Å². The lowest BCUT2D eigenvalue weighted by atomic mass is 10.2. The van der Waals surface area contributed by atoms with Crippen LogP contribution in [0.4, 0.5) is 4.79 Å². The molecule has 0 fully saturated rings. The largest absolute Gasteiger partial charge is 0.505 e. The van der Waals surface area contributed by atoms with E-state index in [9.17, 15) is 4.79 Å². The summed E-state index contributed by atoms with van der Waals surface area (Å²) in [6, 6.07) is 0. The van der Waals surface area contributed by atoms with E-state index in [4.69, 9.17) is 5.11 Å². The van der Waals surface area contributed by atoms with E-state index < -0.39 is 6.16 Å². The lowest BCUT2D eigenvalue weighted by Crippen LogP contribution is -2.01. The SMILES string of the molecule is C=CCSCCCCCCCOC(=O)O. The van der Waals surface area contributed by atoms with Crippen LogP contribution in [-0.4, -0.2) is 29.4 Å². The Hall–Kier alpha value is -0.640. The van der Waals surface area contributed by atoms with Crippen LogP contribution in [-0.2, 0) is 4.74 Å². The van der Waals surface area contributed by atoms with E-state index in [1.807, 2.05) is 17.8 Å². The first-order valence-electron chi connectivity index (χ1n) is 5.31. The first-order valence-corrected chi connectivity index (χ1v) is 6.47. The van der Waals surface area contributed by atoms with Gasteiger partial charge in [-0.3, -0.25) is 0 Å². The summed E-state index contributed by atoms with van der Waals surface area (Å²) in [5.74, 6) is 2.23. The van der Waals surface area contributed by atoms with E-state index in [0.717, 1.165) is 25.0 Å². The van der Waals surface area contributed by atoms with E-state index in [1.165, 1.54) is 18.6 Å². The summed E-state index contributed by atoms with van der Waals surface area (Å²) < 4.78 is 4.40. The van der Waals surface area contributed by atoms with Crippen molar-refractivity contribution in [2.24, 2.45) is 0 Å². The fourth-order valence-corrected chi connectivity index (χ4v) is 1.90. The molecule has 0 spiro atoms. The van der Waals surface area contributed by atoms with E-state index in [-0.39, 0.29) is 0 Å². The molecule has 0 heterocycles. The quantitative estimate of drug-likeness (QED) is 0.355. The number of ether oxygens (including phenoxy) is 1. The van der Waals surface area contributed by atoms with Gasteiger partial charge in [-0.1, -0.05) is 25.3 Å². The second-order valence-electron chi connectivity index (χ2n) is 3.25. The zero-order chi connectivity index (χ0) is 11.4. The van der Waals surface area contributed by atoms with Gasteiger partial charge in [0.25, 0.3) is 0 Å². The maximum Gasteiger partial charge on any atom is 0.505 e. The molecule has 0 rings (SSSR count). The third-order valence-corrected chi connectivity index (χ3v) is 2.94. The minimum atomic E-state index is -1.17. The highest BCUT2D eigenvalue weighted by Gasteiger charge is 1.95. The van der Waals surface area contributed by atoms with Crippen LogP contribution in [0.3, 0.4) is 0 Å². The van der Waals surface area contributed by atoms with E-state index >= 15 is 0 Å². The first kappa shape index (κ1) is 14.4. The van der Waals surface area contributed by atoms with Crippen molar-refractivity contribution in [3.8, 4) is 0 Å². The summed E-state index contributed by atoms with van der Waals surface area (Å²) in [5.41, 5.74) is 0. The van der Waals surface area contributed by atoms with Crippen molar-refractivity contribution < 1.29 is 14.6 Å². The number of carboxylic acid groups (broad SMARTS) is 1. The monoisotopic (exact) mass is 232 g/mol. The minimum absolute atomic E-state index is 0.334. The summed E-state index contributed by atoms with van der Waals surface area (Å²) in [5, 5.41) is 8.20. The molecule has 0 aliphatic carbocycles. The third-order valence-electron chi connectivity index (χ3n) is 1.89. The fraction of sp³-hybridized carbons (Fsp3) is 0.727. The summed E-state index contributed by atoms with van der Waals surface area (Å²) in [7, 11) is 0. The van der Waals surface area contributed by atoms with Crippen LogP contribution in [0.5, 0.6) is 0 Å². The second kappa shape index (κ2) is 11.4. The highest BCUT2D eigenvalue weighted by molar-refractivity contribution is 7.99. The normalized spacial score (nSPS) is 9.87. The van der Waals surface area contributed by atoms with Crippen LogP contribution >= 0.6 is 11.8 Å². The standard InChI is InChI=1S/C11H20O3S/c1-2-9-15-10-7-5-3-4-6-8-14-11(12)13/h2H,1,3-10H2,(H,12,13). The van der Waals surface area contributed by atoms with Crippen LogP contribution in [0, 0.1) is 0 Å². The highest BCUT2D eigenvalue weighted by Crippen LogP contribution is 2.08. The van der Waals surface area contributed by atoms with Gasteiger partial charge in [-0.2, -0.15) is 11.8 Å². The maximum absolute atomic E-state index is 10.0. The molecule has 0 amide bonds. The van der Waals surface area contributed by atoms with Gasteiger partial charge in [0.05, 0.1) is 6.61 Å². The summed E-state index contributed by atoms with van der Waals surface area (Å²) in [6.07, 6.45) is 6.27. The van der Waals surface area contributed by atoms with Gasteiger partial charge >= 0.3 is 6.16 Å². The molecule has 0 aromatic heterocycles. The minimum Gasteiger partial charge on any atom is -0.450 e. The molecule has 0 unspecified atom stereocenters. The second-order valence-corrected chi connectivity index (χ2v) is 4.40. The van der Waals surface area contributed by atoms with Gasteiger partial charge in [0.2, 0.25) is 0 Å². The number of hydrogen-bond acceptors (Lipinski definition) is 3. The van der Waals surface area contributed by atoms with Crippen molar-refractivity contribution in [2.75, 3.05) is 18.1 Å². The molecule has 0 aliphatic heterocycles. The predicted molar refractivity (Wildman–Crippen MR) is 64.6 cm³/mol. The Balaban J connectivity index is 2.92. The van der Waals surface area contributed by atoms with Crippen molar-refractivity contribution >= 4 is 17.9 Å². The Bertz CT molecular complexity index is 171. The lowest BCUT2D eigenvalue weighted by molar-refractivity contribution is 0.0900. The molecule has 0 saturated carbocycles. The molecule has 0 radical (unpaired) electrons. The highest BCUT2D eigenvalue weighted by atomic mass is 32.2. The Labute approximate surface area is 95.9 Å². The predicted octanol–water partition coefficient (Wildman–Crippen LogP) is 3.55. The fourth-order valence-electron chi connectivity index (χ4n) is 1.16. The number of rotatable bonds is 10. The number of hydrogen-bond donors (Lipinski definition) is 1. The summed E-state index contributed by atoms with van der Waals surface area (Å²) in [6.45, 7) is 3.99. The molecule has 15 heavy (non-hydrogen) atoms. The molecule has 1 N–H and O–H groups in total. The molecule has 4 heteroatoms. The Morgan fingerprint density at radius 2 is 1.93 bits per heavy atom. The Morgan fingerprint density at radius 1 is 1.27 bits per heavy atom. The van der Waals surface area contributed by atoms with Gasteiger partial charge in [0, 0.05) is 5.75 Å².